The quantitative estimate of drug-likeness (QED) is 0.687. The molecule has 0 N–H and O–H groups in total. The van der Waals surface area contributed by atoms with Gasteiger partial charge in [-0.05, 0) is 77.4 Å². The van der Waals surface area contributed by atoms with Crippen molar-refractivity contribution in [1.82, 2.24) is 9.88 Å². The molecular formula is C26H35N3. The lowest BCUT2D eigenvalue weighted by Crippen LogP contribution is -2.50. The Balaban J connectivity index is 1.47. The number of benzene rings is 1. The number of hydrogen-bond acceptors (Lipinski definition) is 3. The van der Waals surface area contributed by atoms with Crippen LogP contribution in [0.25, 0.3) is 11.1 Å². The SMILES string of the molecule is CC1(C)CCC(C)(C)c2cc(-c3ccnc(N4CCN5CCCC5C4)c3)ccc21. The van der Waals surface area contributed by atoms with Crippen LogP contribution in [0.2, 0.25) is 0 Å². The van der Waals surface area contributed by atoms with Crippen molar-refractivity contribution < 1.29 is 0 Å². The molecule has 1 aromatic carbocycles. The molecule has 2 fully saturated rings. The standard InChI is InChI=1S/C26H35N3/c1-25(2)10-11-26(3,4)23-16-19(7-8-22(23)25)20-9-12-27-24(17-20)29-15-14-28-13-5-6-21(28)18-29/h7-9,12,16-17,21H,5-6,10-11,13-15,18H2,1-4H3. The highest BCUT2D eigenvalue weighted by Gasteiger charge is 2.37. The first-order valence-electron chi connectivity index (χ1n) is 11.4. The minimum Gasteiger partial charge on any atom is -0.354 e. The van der Waals surface area contributed by atoms with E-state index in [0.29, 0.717) is 0 Å². The number of aromatic nitrogens is 1. The molecule has 2 aromatic rings. The van der Waals surface area contributed by atoms with Crippen molar-refractivity contribution in [1.29, 1.82) is 0 Å². The largest absolute Gasteiger partial charge is 0.354 e. The molecule has 0 amide bonds. The van der Waals surface area contributed by atoms with E-state index in [1.165, 1.54) is 61.0 Å². The van der Waals surface area contributed by atoms with Gasteiger partial charge in [0.1, 0.15) is 5.82 Å². The third-order valence-corrected chi connectivity index (χ3v) is 7.84. The van der Waals surface area contributed by atoms with Gasteiger partial charge in [0.25, 0.3) is 0 Å². The van der Waals surface area contributed by atoms with Gasteiger partial charge in [0.2, 0.25) is 0 Å². The second kappa shape index (κ2) is 6.84. The second-order valence-electron chi connectivity index (χ2n) is 10.7. The zero-order valence-corrected chi connectivity index (χ0v) is 18.5. The van der Waals surface area contributed by atoms with Crippen molar-refractivity contribution >= 4 is 5.82 Å². The summed E-state index contributed by atoms with van der Waals surface area (Å²) in [5.74, 6) is 1.14. The summed E-state index contributed by atoms with van der Waals surface area (Å²) in [7, 11) is 0. The molecule has 2 saturated heterocycles. The molecule has 3 nitrogen and oxygen atoms in total. The number of fused-ring (bicyclic) bond motifs is 2. The molecule has 154 valence electrons. The fourth-order valence-electron chi connectivity index (χ4n) is 5.74. The fourth-order valence-corrected chi connectivity index (χ4v) is 5.74. The Morgan fingerprint density at radius 1 is 0.862 bits per heavy atom. The van der Waals surface area contributed by atoms with Crippen LogP contribution in [0.4, 0.5) is 5.82 Å². The maximum atomic E-state index is 4.75. The first-order chi connectivity index (χ1) is 13.8. The molecule has 1 unspecified atom stereocenters. The van der Waals surface area contributed by atoms with Crippen LogP contribution in [0.1, 0.15) is 64.5 Å². The van der Waals surface area contributed by atoms with Crippen LogP contribution in [-0.2, 0) is 10.8 Å². The Bertz CT molecular complexity index is 914. The highest BCUT2D eigenvalue weighted by Crippen LogP contribution is 2.46. The van der Waals surface area contributed by atoms with Gasteiger partial charge in [-0.1, -0.05) is 45.9 Å². The second-order valence-corrected chi connectivity index (χ2v) is 10.7. The number of anilines is 1. The van der Waals surface area contributed by atoms with Crippen LogP contribution in [0.3, 0.4) is 0 Å². The van der Waals surface area contributed by atoms with Gasteiger partial charge in [-0.3, -0.25) is 4.90 Å². The van der Waals surface area contributed by atoms with E-state index in [-0.39, 0.29) is 10.8 Å². The van der Waals surface area contributed by atoms with Crippen molar-refractivity contribution in [2.24, 2.45) is 0 Å². The number of piperazine rings is 1. The summed E-state index contributed by atoms with van der Waals surface area (Å²) in [6, 6.07) is 12.4. The van der Waals surface area contributed by atoms with E-state index in [4.69, 9.17) is 4.98 Å². The first-order valence-corrected chi connectivity index (χ1v) is 11.4. The molecule has 0 spiro atoms. The Morgan fingerprint density at radius 3 is 2.45 bits per heavy atom. The van der Waals surface area contributed by atoms with Gasteiger partial charge in [-0.25, -0.2) is 4.98 Å². The average molecular weight is 390 g/mol. The van der Waals surface area contributed by atoms with E-state index in [0.717, 1.165) is 24.9 Å². The molecule has 1 aliphatic carbocycles. The smallest absolute Gasteiger partial charge is 0.129 e. The molecule has 0 bridgehead atoms. The number of nitrogens with zero attached hydrogens (tertiary/aromatic N) is 3. The fraction of sp³-hybridized carbons (Fsp3) is 0.577. The molecule has 0 radical (unpaired) electrons. The van der Waals surface area contributed by atoms with Gasteiger partial charge < -0.3 is 4.90 Å². The van der Waals surface area contributed by atoms with Gasteiger partial charge in [0.05, 0.1) is 0 Å². The van der Waals surface area contributed by atoms with Crippen LogP contribution < -0.4 is 4.90 Å². The molecule has 5 rings (SSSR count). The van der Waals surface area contributed by atoms with Crippen LogP contribution in [0.15, 0.2) is 36.5 Å². The summed E-state index contributed by atoms with van der Waals surface area (Å²) in [5.41, 5.74) is 6.21. The van der Waals surface area contributed by atoms with Gasteiger partial charge in [0.15, 0.2) is 0 Å². The van der Waals surface area contributed by atoms with E-state index in [1.807, 2.05) is 6.20 Å². The normalized spacial score (nSPS) is 25.5. The summed E-state index contributed by atoms with van der Waals surface area (Å²) in [5, 5.41) is 0. The zero-order chi connectivity index (χ0) is 20.2. The minimum absolute atomic E-state index is 0.246. The van der Waals surface area contributed by atoms with Crippen molar-refractivity contribution in [2.75, 3.05) is 31.1 Å². The van der Waals surface area contributed by atoms with Gasteiger partial charge in [-0.15, -0.1) is 0 Å². The molecule has 3 heterocycles. The van der Waals surface area contributed by atoms with Gasteiger partial charge in [-0.2, -0.15) is 0 Å². The monoisotopic (exact) mass is 389 g/mol. The summed E-state index contributed by atoms with van der Waals surface area (Å²) in [4.78, 5) is 9.91. The van der Waals surface area contributed by atoms with Crippen LogP contribution in [0.5, 0.6) is 0 Å². The Labute approximate surface area is 176 Å². The highest BCUT2D eigenvalue weighted by molar-refractivity contribution is 5.69. The molecular weight excluding hydrogens is 354 g/mol. The van der Waals surface area contributed by atoms with Crippen LogP contribution >= 0.6 is 0 Å². The predicted octanol–water partition coefficient (Wildman–Crippen LogP) is 5.38. The average Bonchev–Trinajstić information content (AvgIpc) is 3.19. The van der Waals surface area contributed by atoms with Gasteiger partial charge in [0, 0.05) is 31.9 Å². The molecule has 2 aliphatic heterocycles. The predicted molar refractivity (Wildman–Crippen MR) is 122 cm³/mol. The summed E-state index contributed by atoms with van der Waals surface area (Å²) < 4.78 is 0. The van der Waals surface area contributed by atoms with Crippen LogP contribution in [-0.4, -0.2) is 42.1 Å². The van der Waals surface area contributed by atoms with Crippen molar-refractivity contribution in [2.45, 2.75) is 70.3 Å². The Hall–Kier alpha value is -1.87. The van der Waals surface area contributed by atoms with Crippen molar-refractivity contribution in [3.8, 4) is 11.1 Å². The maximum Gasteiger partial charge on any atom is 0.129 e. The molecule has 0 saturated carbocycles. The van der Waals surface area contributed by atoms with E-state index in [1.54, 1.807) is 0 Å². The molecule has 1 aromatic heterocycles. The third kappa shape index (κ3) is 3.38. The lowest BCUT2D eigenvalue weighted by molar-refractivity contribution is 0.230. The van der Waals surface area contributed by atoms with Crippen LogP contribution in [0, 0.1) is 0 Å². The lowest BCUT2D eigenvalue weighted by Gasteiger charge is -2.42. The third-order valence-electron chi connectivity index (χ3n) is 7.84. The summed E-state index contributed by atoms with van der Waals surface area (Å²) in [6.07, 6.45) is 7.21. The first kappa shape index (κ1) is 19.1. The van der Waals surface area contributed by atoms with E-state index < -0.39 is 0 Å². The van der Waals surface area contributed by atoms with E-state index in [9.17, 15) is 0 Å². The molecule has 1 atom stereocenters. The van der Waals surface area contributed by atoms with E-state index in [2.05, 4.69) is 67.8 Å². The topological polar surface area (TPSA) is 19.4 Å². The zero-order valence-electron chi connectivity index (χ0n) is 18.5. The molecule has 3 heteroatoms. The lowest BCUT2D eigenvalue weighted by atomic mass is 9.63. The van der Waals surface area contributed by atoms with Gasteiger partial charge >= 0.3 is 0 Å². The van der Waals surface area contributed by atoms with Crippen molar-refractivity contribution in [3.63, 3.8) is 0 Å². The van der Waals surface area contributed by atoms with E-state index >= 15 is 0 Å². The summed E-state index contributed by atoms with van der Waals surface area (Å²) in [6.45, 7) is 14.3. The number of rotatable bonds is 2. The maximum absolute atomic E-state index is 4.75. The molecule has 3 aliphatic rings. The Kier molecular flexibility index (Phi) is 4.51. The van der Waals surface area contributed by atoms with Crippen molar-refractivity contribution in [3.05, 3.63) is 47.7 Å². The Morgan fingerprint density at radius 2 is 1.62 bits per heavy atom. The number of pyridine rings is 1. The number of hydrogen-bond donors (Lipinski definition) is 0. The summed E-state index contributed by atoms with van der Waals surface area (Å²) >= 11 is 0. The highest BCUT2D eigenvalue weighted by atomic mass is 15.3. The minimum atomic E-state index is 0.246. The molecule has 29 heavy (non-hydrogen) atoms.